The summed E-state index contributed by atoms with van der Waals surface area (Å²) in [4.78, 5) is 11.1. The van der Waals surface area contributed by atoms with Crippen molar-refractivity contribution < 1.29 is 0 Å². The highest BCUT2D eigenvalue weighted by atomic mass is 127. The van der Waals surface area contributed by atoms with Crippen molar-refractivity contribution in [3.05, 3.63) is 11.6 Å². The van der Waals surface area contributed by atoms with E-state index in [1.54, 1.807) is 11.3 Å². The second-order valence-corrected chi connectivity index (χ2v) is 8.06. The summed E-state index contributed by atoms with van der Waals surface area (Å²) in [6.45, 7) is 7.89. The molecule has 0 radical (unpaired) electrons. The maximum absolute atomic E-state index is 4.44. The molecule has 0 bridgehead atoms. The fourth-order valence-electron chi connectivity index (χ4n) is 2.88. The van der Waals surface area contributed by atoms with Crippen molar-refractivity contribution in [3.63, 3.8) is 0 Å². The van der Waals surface area contributed by atoms with Crippen LogP contribution in [0.2, 0.25) is 0 Å². The number of likely N-dealkylation sites (tertiary alicyclic amines) is 1. The Kier molecular flexibility index (Phi) is 9.74. The number of guanidine groups is 1. The van der Waals surface area contributed by atoms with E-state index >= 15 is 0 Å². The highest BCUT2D eigenvalue weighted by Crippen LogP contribution is 2.21. The van der Waals surface area contributed by atoms with Gasteiger partial charge >= 0.3 is 0 Å². The minimum atomic E-state index is 0. The lowest BCUT2D eigenvalue weighted by Crippen LogP contribution is -2.48. The first-order valence-corrected chi connectivity index (χ1v) is 9.53. The Balaban J connectivity index is 0.00000242. The van der Waals surface area contributed by atoms with Crippen molar-refractivity contribution in [2.45, 2.75) is 31.0 Å². The number of aromatic nitrogens is 1. The Morgan fingerprint density at radius 1 is 1.45 bits per heavy atom. The number of rotatable bonds is 5. The zero-order valence-corrected chi connectivity index (χ0v) is 17.6. The minimum Gasteiger partial charge on any atom is -0.356 e. The quantitative estimate of drug-likeness (QED) is 0.242. The Morgan fingerprint density at radius 3 is 2.77 bits per heavy atom. The van der Waals surface area contributed by atoms with Gasteiger partial charge in [-0.1, -0.05) is 25.6 Å². The topological polar surface area (TPSA) is 40.5 Å². The Morgan fingerprint density at radius 2 is 2.18 bits per heavy atom. The Hall–Kier alpha value is -0.0200. The van der Waals surface area contributed by atoms with E-state index in [0.717, 1.165) is 53.9 Å². The van der Waals surface area contributed by atoms with Gasteiger partial charge in [-0.05, 0) is 24.7 Å². The molecule has 4 nitrogen and oxygen atoms in total. The van der Waals surface area contributed by atoms with Gasteiger partial charge in [0.05, 0.1) is 0 Å². The van der Waals surface area contributed by atoms with E-state index in [1.165, 1.54) is 6.42 Å². The minimum absolute atomic E-state index is 0. The van der Waals surface area contributed by atoms with Crippen molar-refractivity contribution in [2.24, 2.45) is 16.8 Å². The van der Waals surface area contributed by atoms with Crippen LogP contribution in [0.5, 0.6) is 0 Å². The zero-order valence-electron chi connectivity index (χ0n) is 13.6. The molecule has 2 heterocycles. The molecule has 0 saturated carbocycles. The van der Waals surface area contributed by atoms with Crippen LogP contribution in [0.4, 0.5) is 0 Å². The van der Waals surface area contributed by atoms with Gasteiger partial charge in [0.15, 0.2) is 5.96 Å². The number of halogens is 1. The Labute approximate surface area is 159 Å². The van der Waals surface area contributed by atoms with Gasteiger partial charge in [-0.25, -0.2) is 4.98 Å². The fourth-order valence-corrected chi connectivity index (χ4v) is 4.53. The van der Waals surface area contributed by atoms with Crippen LogP contribution in [0, 0.1) is 11.8 Å². The average molecular weight is 454 g/mol. The molecule has 2 atom stereocenters. The van der Waals surface area contributed by atoms with Crippen LogP contribution >= 0.6 is 47.1 Å². The molecular formula is C15H27IN4S2. The number of hydrogen-bond acceptors (Lipinski definition) is 4. The van der Waals surface area contributed by atoms with Gasteiger partial charge in [-0.3, -0.25) is 4.99 Å². The summed E-state index contributed by atoms with van der Waals surface area (Å²) in [6.07, 6.45) is 4.33. The number of nitrogens with zero attached hydrogens (tertiary/aromatic N) is 3. The maximum atomic E-state index is 4.44. The second kappa shape index (κ2) is 10.7. The summed E-state index contributed by atoms with van der Waals surface area (Å²) in [5.74, 6) is 3.68. The van der Waals surface area contributed by atoms with Crippen molar-refractivity contribution in [3.8, 4) is 0 Å². The van der Waals surface area contributed by atoms with Gasteiger partial charge < -0.3 is 10.2 Å². The molecule has 2 rings (SSSR count). The van der Waals surface area contributed by atoms with E-state index in [9.17, 15) is 0 Å². The molecular weight excluding hydrogens is 427 g/mol. The number of nitrogens with one attached hydrogen (secondary N) is 1. The number of thiazole rings is 1. The zero-order chi connectivity index (χ0) is 15.1. The fraction of sp³-hybridized carbons (Fsp3) is 0.733. The van der Waals surface area contributed by atoms with Crippen LogP contribution < -0.4 is 5.32 Å². The van der Waals surface area contributed by atoms with Crippen molar-refractivity contribution >= 4 is 53.0 Å². The summed E-state index contributed by atoms with van der Waals surface area (Å²) in [7, 11) is 1.89. The van der Waals surface area contributed by atoms with E-state index in [1.807, 2.05) is 30.4 Å². The predicted molar refractivity (Wildman–Crippen MR) is 109 cm³/mol. The largest absolute Gasteiger partial charge is 0.356 e. The van der Waals surface area contributed by atoms with Crippen molar-refractivity contribution in [1.82, 2.24) is 15.2 Å². The molecule has 1 N–H and O–H groups in total. The molecule has 0 aliphatic carbocycles. The summed E-state index contributed by atoms with van der Waals surface area (Å²) in [6, 6.07) is 0. The van der Waals surface area contributed by atoms with Gasteiger partial charge in [0.2, 0.25) is 0 Å². The molecule has 1 aromatic rings. The van der Waals surface area contributed by atoms with Crippen LogP contribution in [0.25, 0.3) is 0 Å². The first-order valence-electron chi connectivity index (χ1n) is 7.67. The normalized spacial score (nSPS) is 22.3. The van der Waals surface area contributed by atoms with E-state index in [4.69, 9.17) is 0 Å². The van der Waals surface area contributed by atoms with E-state index in [-0.39, 0.29) is 24.0 Å². The monoisotopic (exact) mass is 454 g/mol. The molecule has 1 aromatic heterocycles. The third-order valence-electron chi connectivity index (χ3n) is 3.62. The van der Waals surface area contributed by atoms with Crippen LogP contribution in [0.1, 0.15) is 26.7 Å². The molecule has 22 heavy (non-hydrogen) atoms. The van der Waals surface area contributed by atoms with Crippen LogP contribution in [0.15, 0.2) is 20.9 Å². The highest BCUT2D eigenvalue weighted by molar-refractivity contribution is 14.0. The summed E-state index contributed by atoms with van der Waals surface area (Å²) >= 11 is 3.55. The van der Waals surface area contributed by atoms with E-state index in [2.05, 4.69) is 34.0 Å². The van der Waals surface area contributed by atoms with Crippen LogP contribution in [0.3, 0.4) is 0 Å². The van der Waals surface area contributed by atoms with Crippen LogP contribution in [-0.2, 0) is 0 Å². The SMILES string of the molecule is CN=C(NCCCSc1nccs1)N1CC(C)CC(C)C1.I. The second-order valence-electron chi connectivity index (χ2n) is 5.83. The molecule has 0 amide bonds. The molecule has 1 aliphatic heterocycles. The molecule has 1 aliphatic rings. The summed E-state index contributed by atoms with van der Waals surface area (Å²) < 4.78 is 1.16. The molecule has 126 valence electrons. The summed E-state index contributed by atoms with van der Waals surface area (Å²) in [5, 5.41) is 5.53. The maximum Gasteiger partial charge on any atom is 0.193 e. The Bertz CT molecular complexity index is 429. The average Bonchev–Trinajstić information content (AvgIpc) is 2.95. The predicted octanol–water partition coefficient (Wildman–Crippen LogP) is 3.80. The number of aliphatic imine (C=N–C) groups is 1. The first-order chi connectivity index (χ1) is 10.2. The molecule has 7 heteroatoms. The summed E-state index contributed by atoms with van der Waals surface area (Å²) in [5.41, 5.74) is 0. The molecule has 0 spiro atoms. The molecule has 0 aromatic carbocycles. The number of thioether (sulfide) groups is 1. The van der Waals surface area contributed by atoms with Gasteiger partial charge in [-0.2, -0.15) is 0 Å². The van der Waals surface area contributed by atoms with E-state index < -0.39 is 0 Å². The van der Waals surface area contributed by atoms with Crippen LogP contribution in [-0.4, -0.2) is 48.3 Å². The highest BCUT2D eigenvalue weighted by Gasteiger charge is 2.23. The van der Waals surface area contributed by atoms with Gasteiger partial charge in [0.25, 0.3) is 0 Å². The lowest BCUT2D eigenvalue weighted by Gasteiger charge is -2.37. The van der Waals surface area contributed by atoms with Crippen molar-refractivity contribution in [2.75, 3.05) is 32.4 Å². The lowest BCUT2D eigenvalue weighted by atomic mass is 9.92. The first kappa shape index (κ1) is 20.0. The van der Waals surface area contributed by atoms with E-state index in [0.29, 0.717) is 0 Å². The van der Waals surface area contributed by atoms with Gasteiger partial charge in [0.1, 0.15) is 4.34 Å². The third-order valence-corrected chi connectivity index (χ3v) is 5.67. The number of hydrogen-bond donors (Lipinski definition) is 1. The standard InChI is InChI=1S/C15H26N4S2.HI/c1-12-9-13(2)11-19(10-12)14(16-3)17-5-4-7-20-15-18-6-8-21-15;/h6,8,12-13H,4-5,7,9-11H2,1-3H3,(H,16,17);1H. The van der Waals surface area contributed by atoms with Gasteiger partial charge in [0, 0.05) is 44.0 Å². The molecule has 1 fully saturated rings. The third kappa shape index (κ3) is 6.62. The smallest absolute Gasteiger partial charge is 0.193 e. The van der Waals surface area contributed by atoms with Gasteiger partial charge in [-0.15, -0.1) is 35.3 Å². The van der Waals surface area contributed by atoms with Crippen molar-refractivity contribution in [1.29, 1.82) is 0 Å². The molecule has 1 saturated heterocycles. The lowest BCUT2D eigenvalue weighted by molar-refractivity contribution is 0.208. The number of piperidine rings is 1. The molecule has 2 unspecified atom stereocenters.